The molecule has 18 heavy (non-hydrogen) atoms. The molecule has 0 aliphatic carbocycles. The summed E-state index contributed by atoms with van der Waals surface area (Å²) in [6.07, 6.45) is 4.55. The number of aliphatic carboxylic acids is 1. The van der Waals surface area contributed by atoms with E-state index in [1.807, 2.05) is 24.3 Å². The fourth-order valence-corrected chi connectivity index (χ4v) is 2.08. The number of anilines is 1. The molecule has 0 spiro atoms. The van der Waals surface area contributed by atoms with Crippen molar-refractivity contribution in [3.05, 3.63) is 47.0 Å². The Bertz CT molecular complexity index is 469. The highest BCUT2D eigenvalue weighted by molar-refractivity contribution is 9.10. The van der Waals surface area contributed by atoms with Gasteiger partial charge in [-0.15, -0.1) is 6.58 Å². The van der Waals surface area contributed by atoms with E-state index < -0.39 is 5.97 Å². The van der Waals surface area contributed by atoms with Gasteiger partial charge >= 0.3 is 5.97 Å². The van der Waals surface area contributed by atoms with Gasteiger partial charge in [0.2, 0.25) is 0 Å². The molecule has 0 heterocycles. The van der Waals surface area contributed by atoms with Crippen molar-refractivity contribution < 1.29 is 9.90 Å². The number of hydrogen-bond donors (Lipinski definition) is 1. The topological polar surface area (TPSA) is 40.5 Å². The van der Waals surface area contributed by atoms with Crippen LogP contribution in [0.3, 0.4) is 0 Å². The van der Waals surface area contributed by atoms with Crippen molar-refractivity contribution in [2.45, 2.75) is 6.92 Å². The van der Waals surface area contributed by atoms with Crippen LogP contribution in [0.15, 0.2) is 41.4 Å². The van der Waals surface area contributed by atoms with Crippen LogP contribution in [-0.4, -0.2) is 24.2 Å². The van der Waals surface area contributed by atoms with E-state index in [1.165, 1.54) is 0 Å². The molecule has 1 N–H and O–H groups in total. The van der Waals surface area contributed by atoms with E-state index in [2.05, 4.69) is 34.3 Å². The van der Waals surface area contributed by atoms with Crippen LogP contribution in [0, 0.1) is 0 Å². The summed E-state index contributed by atoms with van der Waals surface area (Å²) >= 11 is 3.45. The van der Waals surface area contributed by atoms with Crippen molar-refractivity contribution in [1.82, 2.24) is 0 Å². The lowest BCUT2D eigenvalue weighted by atomic mass is 10.2. The molecule has 1 rings (SSSR count). The number of carboxylic acids is 1. The molecule has 0 unspecified atom stereocenters. The van der Waals surface area contributed by atoms with Crippen LogP contribution in [0.4, 0.5) is 5.69 Å². The highest BCUT2D eigenvalue weighted by Gasteiger charge is 2.05. The Morgan fingerprint density at radius 1 is 1.56 bits per heavy atom. The molecular formula is C14H16BrNO2. The van der Waals surface area contributed by atoms with Gasteiger partial charge in [0, 0.05) is 29.3 Å². The molecule has 1 aromatic rings. The predicted octanol–water partition coefficient (Wildman–Crippen LogP) is 3.56. The minimum atomic E-state index is -0.951. The normalized spacial score (nSPS) is 10.6. The molecule has 0 aliphatic heterocycles. The van der Waals surface area contributed by atoms with Gasteiger partial charge in [-0.25, -0.2) is 4.79 Å². The van der Waals surface area contributed by atoms with Gasteiger partial charge in [-0.05, 0) is 30.7 Å². The average molecular weight is 310 g/mol. The second-order valence-electron chi connectivity index (χ2n) is 3.70. The van der Waals surface area contributed by atoms with Gasteiger partial charge in [-0.1, -0.05) is 28.1 Å². The quantitative estimate of drug-likeness (QED) is 0.645. The number of nitrogens with zero attached hydrogens (tertiary/aromatic N) is 1. The van der Waals surface area contributed by atoms with E-state index in [-0.39, 0.29) is 0 Å². The van der Waals surface area contributed by atoms with Crippen LogP contribution in [0.1, 0.15) is 12.5 Å². The number of carbonyl (C=O) groups is 1. The molecule has 1 aromatic carbocycles. The highest BCUT2D eigenvalue weighted by atomic mass is 79.9. The van der Waals surface area contributed by atoms with Crippen LogP contribution in [0.5, 0.6) is 0 Å². The number of likely N-dealkylation sites (N-methyl/N-ethyl adjacent to an activating group) is 1. The largest absolute Gasteiger partial charge is 0.478 e. The van der Waals surface area contributed by atoms with Crippen LogP contribution in [0.25, 0.3) is 6.08 Å². The maximum absolute atomic E-state index is 10.5. The van der Waals surface area contributed by atoms with E-state index in [1.54, 1.807) is 6.08 Å². The molecule has 0 radical (unpaired) electrons. The number of halogens is 1. The molecule has 0 amide bonds. The molecule has 0 aliphatic rings. The molecule has 0 fully saturated rings. The Kier molecular flexibility index (Phi) is 5.65. The fourth-order valence-electron chi connectivity index (χ4n) is 1.58. The second-order valence-corrected chi connectivity index (χ2v) is 4.56. The zero-order valence-corrected chi connectivity index (χ0v) is 11.9. The third-order valence-electron chi connectivity index (χ3n) is 2.49. The third-order valence-corrected chi connectivity index (χ3v) is 3.17. The molecule has 0 bridgehead atoms. The number of carboxylic acid groups (broad SMARTS) is 1. The lowest BCUT2D eigenvalue weighted by Crippen LogP contribution is -2.22. The Labute approximate surface area is 116 Å². The summed E-state index contributed by atoms with van der Waals surface area (Å²) in [6, 6.07) is 5.85. The first-order valence-corrected chi connectivity index (χ1v) is 6.44. The van der Waals surface area contributed by atoms with Crippen LogP contribution in [0.2, 0.25) is 0 Å². The van der Waals surface area contributed by atoms with Gasteiger partial charge in [-0.3, -0.25) is 0 Å². The van der Waals surface area contributed by atoms with Crippen molar-refractivity contribution in [1.29, 1.82) is 0 Å². The third kappa shape index (κ3) is 4.04. The van der Waals surface area contributed by atoms with Gasteiger partial charge in [-0.2, -0.15) is 0 Å². The zero-order chi connectivity index (χ0) is 13.5. The highest BCUT2D eigenvalue weighted by Crippen LogP contribution is 2.25. The summed E-state index contributed by atoms with van der Waals surface area (Å²) in [5.41, 5.74) is 1.92. The molecule has 0 saturated heterocycles. The summed E-state index contributed by atoms with van der Waals surface area (Å²) in [5.74, 6) is -0.951. The molecular weight excluding hydrogens is 294 g/mol. The molecule has 0 atom stereocenters. The SMILES string of the molecule is C=CCN(CC)c1ccc(/C=C/C(=O)O)c(Br)c1. The van der Waals surface area contributed by atoms with Crippen molar-refractivity contribution >= 4 is 33.7 Å². The zero-order valence-electron chi connectivity index (χ0n) is 10.3. The Morgan fingerprint density at radius 2 is 2.28 bits per heavy atom. The first kappa shape index (κ1) is 14.5. The van der Waals surface area contributed by atoms with E-state index in [9.17, 15) is 4.79 Å². The summed E-state index contributed by atoms with van der Waals surface area (Å²) in [4.78, 5) is 12.6. The predicted molar refractivity (Wildman–Crippen MR) is 78.9 cm³/mol. The molecule has 96 valence electrons. The summed E-state index contributed by atoms with van der Waals surface area (Å²) < 4.78 is 0.875. The Hall–Kier alpha value is -1.55. The first-order chi connectivity index (χ1) is 8.58. The second kappa shape index (κ2) is 7.01. The lowest BCUT2D eigenvalue weighted by molar-refractivity contribution is -0.131. The smallest absolute Gasteiger partial charge is 0.328 e. The van der Waals surface area contributed by atoms with Gasteiger partial charge in [0.15, 0.2) is 0 Å². The lowest BCUT2D eigenvalue weighted by Gasteiger charge is -2.21. The van der Waals surface area contributed by atoms with Crippen molar-refractivity contribution in [3.63, 3.8) is 0 Å². The first-order valence-electron chi connectivity index (χ1n) is 5.65. The van der Waals surface area contributed by atoms with E-state index in [4.69, 9.17) is 5.11 Å². The van der Waals surface area contributed by atoms with Gasteiger partial charge in [0.1, 0.15) is 0 Å². The number of hydrogen-bond acceptors (Lipinski definition) is 2. The van der Waals surface area contributed by atoms with Gasteiger partial charge in [0.25, 0.3) is 0 Å². The van der Waals surface area contributed by atoms with Gasteiger partial charge in [0.05, 0.1) is 0 Å². The molecule has 0 saturated carbocycles. The minimum Gasteiger partial charge on any atom is -0.478 e. The maximum Gasteiger partial charge on any atom is 0.328 e. The van der Waals surface area contributed by atoms with Crippen molar-refractivity contribution in [3.8, 4) is 0 Å². The number of rotatable bonds is 6. The van der Waals surface area contributed by atoms with Crippen LogP contribution in [-0.2, 0) is 4.79 Å². The van der Waals surface area contributed by atoms with Gasteiger partial charge < -0.3 is 10.0 Å². The van der Waals surface area contributed by atoms with Crippen LogP contribution < -0.4 is 4.90 Å². The van der Waals surface area contributed by atoms with E-state index in [0.29, 0.717) is 0 Å². The van der Waals surface area contributed by atoms with E-state index >= 15 is 0 Å². The molecule has 4 heteroatoms. The molecule has 0 aromatic heterocycles. The molecule has 3 nitrogen and oxygen atoms in total. The fraction of sp³-hybridized carbons (Fsp3) is 0.214. The van der Waals surface area contributed by atoms with Crippen molar-refractivity contribution in [2.75, 3.05) is 18.0 Å². The summed E-state index contributed by atoms with van der Waals surface area (Å²) in [7, 11) is 0. The van der Waals surface area contributed by atoms with Crippen molar-refractivity contribution in [2.24, 2.45) is 0 Å². The maximum atomic E-state index is 10.5. The Morgan fingerprint density at radius 3 is 2.78 bits per heavy atom. The summed E-state index contributed by atoms with van der Waals surface area (Å²) in [6.45, 7) is 7.49. The average Bonchev–Trinajstić information content (AvgIpc) is 2.34. The monoisotopic (exact) mass is 309 g/mol. The Balaban J connectivity index is 2.97. The minimum absolute atomic E-state index is 0.785. The number of benzene rings is 1. The standard InChI is InChI=1S/C14H16BrNO2/c1-3-9-16(4-2)12-7-5-11(13(15)10-12)6-8-14(17)18/h3,5-8,10H,1,4,9H2,2H3,(H,17,18)/b8-6+. The van der Waals surface area contributed by atoms with E-state index in [0.717, 1.165) is 34.9 Å². The summed E-state index contributed by atoms with van der Waals surface area (Å²) in [5, 5.41) is 8.60. The van der Waals surface area contributed by atoms with Crippen LogP contribution >= 0.6 is 15.9 Å².